The molecule has 1 aromatic heterocycles. The molecule has 1 aliphatic heterocycles. The highest BCUT2D eigenvalue weighted by Gasteiger charge is 2.35. The lowest BCUT2D eigenvalue weighted by Gasteiger charge is -2.38. The lowest BCUT2D eigenvalue weighted by molar-refractivity contribution is -0.0810. The van der Waals surface area contributed by atoms with Gasteiger partial charge in [0.25, 0.3) is 0 Å². The van der Waals surface area contributed by atoms with Crippen molar-refractivity contribution >= 4 is 0 Å². The molecule has 2 atom stereocenters. The summed E-state index contributed by atoms with van der Waals surface area (Å²) in [5.74, 6) is 0.914. The molecule has 0 radical (unpaired) electrons. The Morgan fingerprint density at radius 1 is 1.45 bits per heavy atom. The molecular formula is C16H26N2O2. The lowest BCUT2D eigenvalue weighted by atomic mass is 9.85. The van der Waals surface area contributed by atoms with E-state index in [1.807, 2.05) is 20.0 Å². The van der Waals surface area contributed by atoms with Gasteiger partial charge < -0.3 is 15.2 Å². The van der Waals surface area contributed by atoms with E-state index in [4.69, 9.17) is 15.2 Å². The zero-order valence-electron chi connectivity index (χ0n) is 13.0. The van der Waals surface area contributed by atoms with Gasteiger partial charge >= 0.3 is 0 Å². The molecule has 4 nitrogen and oxygen atoms in total. The van der Waals surface area contributed by atoms with E-state index >= 15 is 0 Å². The van der Waals surface area contributed by atoms with E-state index in [1.54, 1.807) is 7.11 Å². The Kier molecular flexibility index (Phi) is 4.66. The van der Waals surface area contributed by atoms with Gasteiger partial charge in [0.15, 0.2) is 0 Å². The lowest BCUT2D eigenvalue weighted by Crippen LogP contribution is -2.51. The van der Waals surface area contributed by atoms with Crippen molar-refractivity contribution < 1.29 is 9.47 Å². The van der Waals surface area contributed by atoms with Gasteiger partial charge in [-0.05, 0) is 40.0 Å². The number of hydrogen-bond acceptors (Lipinski definition) is 4. The smallest absolute Gasteiger partial charge is 0.128 e. The van der Waals surface area contributed by atoms with Gasteiger partial charge in [-0.1, -0.05) is 0 Å². The fraction of sp³-hybridized carbons (Fsp3) is 0.688. The van der Waals surface area contributed by atoms with Crippen LogP contribution in [0.1, 0.15) is 43.0 Å². The molecule has 1 aromatic rings. The molecule has 4 heteroatoms. The summed E-state index contributed by atoms with van der Waals surface area (Å²) in [4.78, 5) is 4.54. The summed E-state index contributed by atoms with van der Waals surface area (Å²) in [6.45, 7) is 6.99. The van der Waals surface area contributed by atoms with Crippen LogP contribution in [0.25, 0.3) is 0 Å². The third-order valence-corrected chi connectivity index (χ3v) is 4.45. The molecule has 0 aromatic carbocycles. The monoisotopic (exact) mass is 278 g/mol. The molecular weight excluding hydrogens is 252 g/mol. The zero-order valence-corrected chi connectivity index (χ0v) is 13.0. The average Bonchev–Trinajstić information content (AvgIpc) is 2.43. The predicted molar refractivity (Wildman–Crippen MR) is 80.2 cm³/mol. The third-order valence-electron chi connectivity index (χ3n) is 4.45. The Balaban J connectivity index is 2.17. The highest BCUT2D eigenvalue weighted by atomic mass is 16.5. The number of methoxy groups -OCH3 is 1. The fourth-order valence-electron chi connectivity index (χ4n) is 2.95. The van der Waals surface area contributed by atoms with Gasteiger partial charge in [0.2, 0.25) is 0 Å². The van der Waals surface area contributed by atoms with Crippen LogP contribution in [0.2, 0.25) is 0 Å². The van der Waals surface area contributed by atoms with Gasteiger partial charge in [-0.2, -0.15) is 0 Å². The number of ether oxygens (including phenoxy) is 2. The molecule has 2 N–H and O–H groups in total. The zero-order chi connectivity index (χ0) is 14.8. The van der Waals surface area contributed by atoms with Crippen LogP contribution in [-0.2, 0) is 11.2 Å². The SMILES string of the molecule is COc1c(C)cnc(CC(N)C2(C)CCCCO2)c1C. The van der Waals surface area contributed by atoms with Gasteiger partial charge in [-0.15, -0.1) is 0 Å². The van der Waals surface area contributed by atoms with Crippen LogP contribution in [0, 0.1) is 13.8 Å². The van der Waals surface area contributed by atoms with Crippen molar-refractivity contribution in [2.24, 2.45) is 5.73 Å². The summed E-state index contributed by atoms with van der Waals surface area (Å²) in [7, 11) is 1.70. The highest BCUT2D eigenvalue weighted by Crippen LogP contribution is 2.30. The standard InChI is InChI=1S/C16H26N2O2/c1-11-10-18-13(12(2)15(11)19-4)9-14(17)16(3)7-5-6-8-20-16/h10,14H,5-9,17H2,1-4H3. The van der Waals surface area contributed by atoms with E-state index in [1.165, 1.54) is 6.42 Å². The van der Waals surface area contributed by atoms with Crippen LogP contribution >= 0.6 is 0 Å². The minimum Gasteiger partial charge on any atom is -0.496 e. The number of nitrogens with two attached hydrogens (primary N) is 1. The maximum absolute atomic E-state index is 6.41. The highest BCUT2D eigenvalue weighted by molar-refractivity contribution is 5.41. The van der Waals surface area contributed by atoms with Crippen LogP contribution in [0.15, 0.2) is 6.20 Å². The van der Waals surface area contributed by atoms with Gasteiger partial charge in [-0.25, -0.2) is 0 Å². The molecule has 0 bridgehead atoms. The Morgan fingerprint density at radius 3 is 2.80 bits per heavy atom. The van der Waals surface area contributed by atoms with E-state index < -0.39 is 0 Å². The summed E-state index contributed by atoms with van der Waals surface area (Å²) in [6, 6.07) is -0.0404. The van der Waals surface area contributed by atoms with Crippen molar-refractivity contribution in [3.8, 4) is 5.75 Å². The molecule has 2 rings (SSSR count). The van der Waals surface area contributed by atoms with Gasteiger partial charge in [-0.3, -0.25) is 4.98 Å². The Hall–Kier alpha value is -1.13. The molecule has 1 aliphatic rings. The number of hydrogen-bond donors (Lipinski definition) is 1. The van der Waals surface area contributed by atoms with Crippen molar-refractivity contribution in [1.29, 1.82) is 0 Å². The number of rotatable bonds is 4. The summed E-state index contributed by atoms with van der Waals surface area (Å²) in [6.07, 6.45) is 5.93. The molecule has 20 heavy (non-hydrogen) atoms. The van der Waals surface area contributed by atoms with Crippen LogP contribution in [0.5, 0.6) is 5.75 Å². The quantitative estimate of drug-likeness (QED) is 0.919. The van der Waals surface area contributed by atoms with Crippen LogP contribution in [0.3, 0.4) is 0 Å². The van der Waals surface area contributed by atoms with Crippen LogP contribution < -0.4 is 10.5 Å². The molecule has 2 heterocycles. The van der Waals surface area contributed by atoms with E-state index in [-0.39, 0.29) is 11.6 Å². The van der Waals surface area contributed by atoms with Crippen LogP contribution in [-0.4, -0.2) is 30.3 Å². The predicted octanol–water partition coefficient (Wildman–Crippen LogP) is 2.54. The van der Waals surface area contributed by atoms with E-state index in [0.717, 1.165) is 48.4 Å². The van der Waals surface area contributed by atoms with Gasteiger partial charge in [0, 0.05) is 42.1 Å². The molecule has 1 fully saturated rings. The third kappa shape index (κ3) is 2.96. The van der Waals surface area contributed by atoms with E-state index in [9.17, 15) is 0 Å². The summed E-state index contributed by atoms with van der Waals surface area (Å²) in [5.41, 5.74) is 9.33. The molecule has 0 amide bonds. The molecule has 2 unspecified atom stereocenters. The first-order valence-corrected chi connectivity index (χ1v) is 7.36. The number of pyridine rings is 1. The summed E-state index contributed by atoms with van der Waals surface area (Å²) >= 11 is 0. The largest absolute Gasteiger partial charge is 0.496 e. The first-order chi connectivity index (χ1) is 9.48. The molecule has 0 saturated carbocycles. The average molecular weight is 278 g/mol. The number of aryl methyl sites for hydroxylation is 1. The first kappa shape index (κ1) is 15.3. The first-order valence-electron chi connectivity index (χ1n) is 7.36. The van der Waals surface area contributed by atoms with Crippen molar-refractivity contribution in [2.45, 2.75) is 58.1 Å². The summed E-state index contributed by atoms with van der Waals surface area (Å²) in [5, 5.41) is 0. The Morgan fingerprint density at radius 2 is 2.20 bits per heavy atom. The molecule has 0 aliphatic carbocycles. The Bertz CT molecular complexity index is 468. The van der Waals surface area contributed by atoms with Crippen LogP contribution in [0.4, 0.5) is 0 Å². The van der Waals surface area contributed by atoms with Crippen molar-refractivity contribution in [1.82, 2.24) is 4.98 Å². The minimum atomic E-state index is -0.232. The topological polar surface area (TPSA) is 57.4 Å². The second-order valence-electron chi connectivity index (χ2n) is 5.98. The fourth-order valence-corrected chi connectivity index (χ4v) is 2.95. The molecule has 112 valence electrons. The number of nitrogens with zero attached hydrogens (tertiary/aromatic N) is 1. The van der Waals surface area contributed by atoms with E-state index in [0.29, 0.717) is 0 Å². The summed E-state index contributed by atoms with van der Waals surface area (Å²) < 4.78 is 11.4. The maximum Gasteiger partial charge on any atom is 0.128 e. The Labute approximate surface area is 121 Å². The van der Waals surface area contributed by atoms with Crippen molar-refractivity contribution in [2.75, 3.05) is 13.7 Å². The van der Waals surface area contributed by atoms with E-state index in [2.05, 4.69) is 11.9 Å². The second-order valence-corrected chi connectivity index (χ2v) is 5.98. The molecule has 0 spiro atoms. The second kappa shape index (κ2) is 6.10. The minimum absolute atomic E-state index is 0.0404. The van der Waals surface area contributed by atoms with Gasteiger partial charge in [0.05, 0.1) is 12.7 Å². The van der Waals surface area contributed by atoms with Gasteiger partial charge in [0.1, 0.15) is 5.75 Å². The van der Waals surface area contributed by atoms with Crippen molar-refractivity contribution in [3.63, 3.8) is 0 Å². The normalized spacial score (nSPS) is 24.4. The maximum atomic E-state index is 6.41. The van der Waals surface area contributed by atoms with Crippen molar-refractivity contribution in [3.05, 3.63) is 23.0 Å². The number of aromatic nitrogens is 1. The molecule has 1 saturated heterocycles.